The number of hydrogen-bond donors (Lipinski definition) is 3. The second-order valence-electron chi connectivity index (χ2n) is 6.50. The SMILES string of the molecule is O=C(NN=Cc1c[nH]c2ccccc12)c1cccc(NC(=O)c2ccccc2F)c1. The summed E-state index contributed by atoms with van der Waals surface area (Å²) in [5.41, 5.74) is 4.89. The number of benzene rings is 3. The molecule has 0 aliphatic rings. The van der Waals surface area contributed by atoms with Crippen LogP contribution in [0.15, 0.2) is 84.1 Å². The molecule has 0 atom stereocenters. The highest BCUT2D eigenvalue weighted by Crippen LogP contribution is 2.16. The van der Waals surface area contributed by atoms with Crippen molar-refractivity contribution in [1.82, 2.24) is 10.4 Å². The Morgan fingerprint density at radius 3 is 2.60 bits per heavy atom. The molecule has 4 aromatic rings. The van der Waals surface area contributed by atoms with Crippen molar-refractivity contribution in [2.45, 2.75) is 0 Å². The van der Waals surface area contributed by atoms with Gasteiger partial charge >= 0.3 is 0 Å². The number of hydrogen-bond acceptors (Lipinski definition) is 3. The number of aromatic amines is 1. The number of aromatic nitrogens is 1. The van der Waals surface area contributed by atoms with Crippen molar-refractivity contribution >= 4 is 34.6 Å². The lowest BCUT2D eigenvalue weighted by Crippen LogP contribution is -2.18. The summed E-state index contributed by atoms with van der Waals surface area (Å²) >= 11 is 0. The van der Waals surface area contributed by atoms with Gasteiger partial charge in [0.15, 0.2) is 0 Å². The number of rotatable bonds is 5. The molecule has 0 radical (unpaired) electrons. The molecule has 0 spiro atoms. The molecule has 30 heavy (non-hydrogen) atoms. The zero-order valence-electron chi connectivity index (χ0n) is 15.7. The molecule has 0 saturated heterocycles. The van der Waals surface area contributed by atoms with E-state index in [-0.39, 0.29) is 5.56 Å². The van der Waals surface area contributed by atoms with Gasteiger partial charge in [0.2, 0.25) is 0 Å². The number of H-pyrrole nitrogens is 1. The first-order valence-electron chi connectivity index (χ1n) is 9.17. The van der Waals surface area contributed by atoms with Crippen molar-refractivity contribution < 1.29 is 14.0 Å². The van der Waals surface area contributed by atoms with E-state index in [4.69, 9.17) is 0 Å². The molecule has 0 unspecified atom stereocenters. The van der Waals surface area contributed by atoms with Gasteiger partial charge in [-0.25, -0.2) is 9.82 Å². The molecular formula is C23H17FN4O2. The van der Waals surface area contributed by atoms with Crippen molar-refractivity contribution in [2.75, 3.05) is 5.32 Å². The zero-order valence-corrected chi connectivity index (χ0v) is 15.7. The number of carbonyl (C=O) groups is 2. The normalized spacial score (nSPS) is 11.0. The fraction of sp³-hybridized carbons (Fsp3) is 0. The number of fused-ring (bicyclic) bond motifs is 1. The molecule has 0 aliphatic carbocycles. The number of carbonyl (C=O) groups excluding carboxylic acids is 2. The van der Waals surface area contributed by atoms with Crippen LogP contribution >= 0.6 is 0 Å². The van der Waals surface area contributed by atoms with Gasteiger partial charge < -0.3 is 10.3 Å². The minimum atomic E-state index is -0.615. The number of hydrazone groups is 1. The fourth-order valence-corrected chi connectivity index (χ4v) is 3.01. The van der Waals surface area contributed by atoms with Crippen LogP contribution in [0.5, 0.6) is 0 Å². The van der Waals surface area contributed by atoms with Crippen LogP contribution in [0.2, 0.25) is 0 Å². The van der Waals surface area contributed by atoms with Crippen LogP contribution in [0, 0.1) is 5.82 Å². The molecule has 0 saturated carbocycles. The Morgan fingerprint density at radius 2 is 1.73 bits per heavy atom. The van der Waals surface area contributed by atoms with Crippen LogP contribution in [0.1, 0.15) is 26.3 Å². The summed E-state index contributed by atoms with van der Waals surface area (Å²) in [6, 6.07) is 19.8. The van der Waals surface area contributed by atoms with E-state index >= 15 is 0 Å². The van der Waals surface area contributed by atoms with Gasteiger partial charge in [0.25, 0.3) is 11.8 Å². The Hall–Kier alpha value is -4.26. The van der Waals surface area contributed by atoms with E-state index in [0.717, 1.165) is 16.5 Å². The van der Waals surface area contributed by atoms with Gasteiger partial charge in [-0.1, -0.05) is 36.4 Å². The molecule has 4 rings (SSSR count). The highest BCUT2D eigenvalue weighted by atomic mass is 19.1. The third kappa shape index (κ3) is 4.10. The Balaban J connectivity index is 1.43. The van der Waals surface area contributed by atoms with E-state index in [1.54, 1.807) is 36.7 Å². The van der Waals surface area contributed by atoms with Crippen molar-refractivity contribution in [1.29, 1.82) is 0 Å². The Kier molecular flexibility index (Phi) is 5.34. The van der Waals surface area contributed by atoms with Gasteiger partial charge in [-0.3, -0.25) is 9.59 Å². The molecule has 7 heteroatoms. The molecule has 0 aliphatic heterocycles. The van der Waals surface area contributed by atoms with Gasteiger partial charge in [0, 0.05) is 33.9 Å². The number of para-hydroxylation sites is 1. The van der Waals surface area contributed by atoms with E-state index < -0.39 is 17.6 Å². The standard InChI is InChI=1S/C23H17FN4O2/c24-20-10-3-1-9-19(20)23(30)27-17-7-5-6-15(12-17)22(29)28-26-14-16-13-25-21-11-4-2-8-18(16)21/h1-14,25H,(H,27,30)(H,28,29). The summed E-state index contributed by atoms with van der Waals surface area (Å²) in [6.07, 6.45) is 3.36. The maximum Gasteiger partial charge on any atom is 0.271 e. The van der Waals surface area contributed by atoms with Crippen LogP contribution in [0.3, 0.4) is 0 Å². The Labute approximate surface area is 171 Å². The van der Waals surface area contributed by atoms with E-state index in [9.17, 15) is 14.0 Å². The summed E-state index contributed by atoms with van der Waals surface area (Å²) in [4.78, 5) is 27.8. The van der Waals surface area contributed by atoms with Crippen LogP contribution < -0.4 is 10.7 Å². The molecule has 0 bridgehead atoms. The molecule has 6 nitrogen and oxygen atoms in total. The van der Waals surface area contributed by atoms with Crippen molar-refractivity contribution in [2.24, 2.45) is 5.10 Å². The number of halogens is 1. The van der Waals surface area contributed by atoms with Crippen molar-refractivity contribution in [3.63, 3.8) is 0 Å². The maximum atomic E-state index is 13.8. The number of nitrogens with one attached hydrogen (secondary N) is 3. The first-order chi connectivity index (χ1) is 14.6. The van der Waals surface area contributed by atoms with E-state index in [0.29, 0.717) is 11.3 Å². The van der Waals surface area contributed by atoms with Gasteiger partial charge in [0.05, 0.1) is 11.8 Å². The van der Waals surface area contributed by atoms with Crippen LogP contribution in [0.25, 0.3) is 10.9 Å². The summed E-state index contributed by atoms with van der Waals surface area (Å²) < 4.78 is 13.8. The van der Waals surface area contributed by atoms with Crippen LogP contribution in [-0.2, 0) is 0 Å². The topological polar surface area (TPSA) is 86.3 Å². The molecule has 148 valence electrons. The zero-order chi connectivity index (χ0) is 20.9. The third-order valence-electron chi connectivity index (χ3n) is 4.49. The minimum Gasteiger partial charge on any atom is -0.361 e. The minimum absolute atomic E-state index is 0.0734. The fourth-order valence-electron chi connectivity index (χ4n) is 3.01. The first kappa shape index (κ1) is 19.1. The lowest BCUT2D eigenvalue weighted by molar-refractivity contribution is 0.0953. The van der Waals surface area contributed by atoms with Crippen molar-refractivity contribution in [3.05, 3.63) is 102 Å². The molecule has 3 N–H and O–H groups in total. The molecule has 1 aromatic heterocycles. The number of amides is 2. The second-order valence-corrected chi connectivity index (χ2v) is 6.50. The summed E-state index contributed by atoms with van der Waals surface area (Å²) in [6.45, 7) is 0. The van der Waals surface area contributed by atoms with Gasteiger partial charge in [-0.05, 0) is 36.4 Å². The predicted molar refractivity (Wildman–Crippen MR) is 114 cm³/mol. The highest BCUT2D eigenvalue weighted by Gasteiger charge is 2.12. The summed E-state index contributed by atoms with van der Waals surface area (Å²) in [5, 5.41) is 7.59. The molecular weight excluding hydrogens is 383 g/mol. The number of anilines is 1. The quantitative estimate of drug-likeness (QED) is 0.344. The highest BCUT2D eigenvalue weighted by molar-refractivity contribution is 6.05. The largest absolute Gasteiger partial charge is 0.361 e. The van der Waals surface area contributed by atoms with Gasteiger partial charge in [0.1, 0.15) is 5.82 Å². The average molecular weight is 400 g/mol. The van der Waals surface area contributed by atoms with Crippen molar-refractivity contribution in [3.8, 4) is 0 Å². The first-order valence-corrected chi connectivity index (χ1v) is 9.17. The van der Waals surface area contributed by atoms with E-state index in [1.165, 1.54) is 24.3 Å². The summed E-state index contributed by atoms with van der Waals surface area (Å²) in [7, 11) is 0. The molecule has 3 aromatic carbocycles. The Morgan fingerprint density at radius 1 is 0.933 bits per heavy atom. The monoisotopic (exact) mass is 400 g/mol. The molecule has 0 fully saturated rings. The smallest absolute Gasteiger partial charge is 0.271 e. The summed E-state index contributed by atoms with van der Waals surface area (Å²) in [5.74, 6) is -1.65. The second kappa shape index (κ2) is 8.40. The van der Waals surface area contributed by atoms with Gasteiger partial charge in [-0.15, -0.1) is 0 Å². The number of nitrogens with zero attached hydrogens (tertiary/aromatic N) is 1. The average Bonchev–Trinajstić information content (AvgIpc) is 3.17. The lowest BCUT2D eigenvalue weighted by Gasteiger charge is -2.07. The van der Waals surface area contributed by atoms with Gasteiger partial charge in [-0.2, -0.15) is 5.10 Å². The lowest BCUT2D eigenvalue weighted by atomic mass is 10.1. The molecule has 2 amide bonds. The third-order valence-corrected chi connectivity index (χ3v) is 4.49. The van der Waals surface area contributed by atoms with Crippen LogP contribution in [-0.4, -0.2) is 23.0 Å². The van der Waals surface area contributed by atoms with E-state index in [2.05, 4.69) is 20.8 Å². The molecule has 1 heterocycles. The maximum absolute atomic E-state index is 13.8. The van der Waals surface area contributed by atoms with E-state index in [1.807, 2.05) is 24.3 Å². The van der Waals surface area contributed by atoms with Crippen LogP contribution in [0.4, 0.5) is 10.1 Å². The predicted octanol–water partition coefficient (Wildman–Crippen LogP) is 4.32. The Bertz CT molecular complexity index is 1260.